The van der Waals surface area contributed by atoms with E-state index >= 15 is 0 Å². The molecule has 2 unspecified atom stereocenters. The van der Waals surface area contributed by atoms with Crippen LogP contribution in [0, 0.1) is 0 Å². The molecule has 118 valence electrons. The summed E-state index contributed by atoms with van der Waals surface area (Å²) in [6.45, 7) is 5.74. The smallest absolute Gasteiger partial charge is 0.165 e. The molecule has 2 rings (SSSR count). The van der Waals surface area contributed by atoms with E-state index in [1.807, 2.05) is 19.1 Å². The first-order chi connectivity index (χ1) is 10.3. The Labute approximate surface area is 132 Å². The molecule has 0 spiro atoms. The van der Waals surface area contributed by atoms with Crippen molar-refractivity contribution in [2.75, 3.05) is 19.5 Å². The molecule has 21 heavy (non-hydrogen) atoms. The fourth-order valence-electron chi connectivity index (χ4n) is 2.97. The van der Waals surface area contributed by atoms with Gasteiger partial charge in [-0.05, 0) is 38.0 Å². The van der Waals surface area contributed by atoms with E-state index in [9.17, 15) is 0 Å². The Morgan fingerprint density at radius 1 is 1.29 bits per heavy atom. The van der Waals surface area contributed by atoms with Gasteiger partial charge in [-0.15, -0.1) is 0 Å². The molecule has 3 nitrogen and oxygen atoms in total. The average molecular weight is 309 g/mol. The van der Waals surface area contributed by atoms with E-state index < -0.39 is 0 Å². The molecule has 1 fully saturated rings. The van der Waals surface area contributed by atoms with Crippen molar-refractivity contribution in [3.05, 3.63) is 23.8 Å². The van der Waals surface area contributed by atoms with Gasteiger partial charge in [0.15, 0.2) is 11.5 Å². The number of benzene rings is 1. The van der Waals surface area contributed by atoms with E-state index in [4.69, 9.17) is 9.47 Å². The molecule has 0 heterocycles. The van der Waals surface area contributed by atoms with Crippen molar-refractivity contribution in [3.8, 4) is 11.5 Å². The zero-order valence-electron chi connectivity index (χ0n) is 13.4. The number of hydrogen-bond donors (Lipinski definition) is 1. The lowest BCUT2D eigenvalue weighted by molar-refractivity contribution is 0.308. The van der Waals surface area contributed by atoms with Crippen molar-refractivity contribution in [1.82, 2.24) is 5.32 Å². The summed E-state index contributed by atoms with van der Waals surface area (Å²) in [6, 6.07) is 6.75. The number of hydrogen-bond acceptors (Lipinski definition) is 4. The van der Waals surface area contributed by atoms with Crippen LogP contribution < -0.4 is 14.8 Å². The van der Waals surface area contributed by atoms with Gasteiger partial charge in [-0.25, -0.2) is 0 Å². The molecule has 0 bridgehead atoms. The highest BCUT2D eigenvalue weighted by atomic mass is 32.2. The summed E-state index contributed by atoms with van der Waals surface area (Å²) in [5, 5.41) is 4.52. The third-order valence-corrected chi connectivity index (χ3v) is 5.17. The molecule has 4 heteroatoms. The number of rotatable bonds is 8. The molecule has 1 aromatic carbocycles. The molecule has 1 aliphatic rings. The van der Waals surface area contributed by atoms with Gasteiger partial charge in [0, 0.05) is 23.4 Å². The highest BCUT2D eigenvalue weighted by Gasteiger charge is 2.24. The standard InChI is InChI=1S/C17H27NO2S/c1-4-20-16-8-6-7-13(17(16)19-3)12-18-14-9-10-15(11-14)21-5-2/h6-8,14-15,18H,4-5,9-12H2,1-3H3. The van der Waals surface area contributed by atoms with Gasteiger partial charge in [-0.1, -0.05) is 19.1 Å². The van der Waals surface area contributed by atoms with Crippen LogP contribution in [0.15, 0.2) is 18.2 Å². The predicted octanol–water partition coefficient (Wildman–Crippen LogP) is 3.86. The van der Waals surface area contributed by atoms with Gasteiger partial charge in [0.2, 0.25) is 0 Å². The van der Waals surface area contributed by atoms with Crippen LogP contribution in [-0.4, -0.2) is 30.8 Å². The molecule has 1 N–H and O–H groups in total. The van der Waals surface area contributed by atoms with Crippen molar-refractivity contribution in [2.45, 2.75) is 50.9 Å². The van der Waals surface area contributed by atoms with Crippen LogP contribution in [0.4, 0.5) is 0 Å². The van der Waals surface area contributed by atoms with Crippen LogP contribution >= 0.6 is 11.8 Å². The van der Waals surface area contributed by atoms with Gasteiger partial charge in [0.1, 0.15) is 0 Å². The molecule has 0 aromatic heterocycles. The lowest BCUT2D eigenvalue weighted by Gasteiger charge is -2.17. The number of para-hydroxylation sites is 1. The fraction of sp³-hybridized carbons (Fsp3) is 0.647. The zero-order chi connectivity index (χ0) is 15.1. The monoisotopic (exact) mass is 309 g/mol. The Balaban J connectivity index is 1.92. The van der Waals surface area contributed by atoms with Gasteiger partial charge >= 0.3 is 0 Å². The summed E-state index contributed by atoms with van der Waals surface area (Å²) in [6.07, 6.45) is 3.91. The van der Waals surface area contributed by atoms with E-state index in [0.717, 1.165) is 23.3 Å². The maximum absolute atomic E-state index is 5.63. The molecular weight excluding hydrogens is 282 g/mol. The van der Waals surface area contributed by atoms with E-state index in [2.05, 4.69) is 30.1 Å². The summed E-state index contributed by atoms with van der Waals surface area (Å²) < 4.78 is 11.2. The average Bonchev–Trinajstić information content (AvgIpc) is 2.94. The topological polar surface area (TPSA) is 30.5 Å². The first-order valence-electron chi connectivity index (χ1n) is 7.92. The summed E-state index contributed by atoms with van der Waals surface area (Å²) >= 11 is 2.10. The van der Waals surface area contributed by atoms with Crippen LogP contribution in [0.2, 0.25) is 0 Å². The Kier molecular flexibility index (Phi) is 6.71. The van der Waals surface area contributed by atoms with E-state index in [1.54, 1.807) is 7.11 Å². The Hall–Kier alpha value is -0.870. The lowest BCUT2D eigenvalue weighted by atomic mass is 10.1. The molecule has 1 aromatic rings. The minimum absolute atomic E-state index is 0.634. The second-order valence-corrected chi connectivity index (χ2v) is 6.93. The maximum atomic E-state index is 5.63. The number of thioether (sulfide) groups is 1. The van der Waals surface area contributed by atoms with E-state index in [-0.39, 0.29) is 0 Å². The predicted molar refractivity (Wildman–Crippen MR) is 90.6 cm³/mol. The Morgan fingerprint density at radius 2 is 2.14 bits per heavy atom. The third kappa shape index (κ3) is 4.55. The lowest BCUT2D eigenvalue weighted by Crippen LogP contribution is -2.26. The highest BCUT2D eigenvalue weighted by molar-refractivity contribution is 7.99. The van der Waals surface area contributed by atoms with E-state index in [1.165, 1.54) is 30.6 Å². The van der Waals surface area contributed by atoms with Crippen LogP contribution in [0.3, 0.4) is 0 Å². The first kappa shape index (κ1) is 16.5. The van der Waals surface area contributed by atoms with Crippen LogP contribution in [0.25, 0.3) is 0 Å². The SMILES string of the molecule is CCOc1cccc(CNC2CCC(SCC)C2)c1OC. The van der Waals surface area contributed by atoms with Gasteiger partial charge in [-0.3, -0.25) is 0 Å². The molecule has 1 saturated carbocycles. The Bertz CT molecular complexity index is 439. The van der Waals surface area contributed by atoms with Gasteiger partial charge in [0.05, 0.1) is 13.7 Å². The van der Waals surface area contributed by atoms with Crippen LogP contribution in [0.1, 0.15) is 38.7 Å². The second-order valence-electron chi connectivity index (χ2n) is 5.35. The van der Waals surface area contributed by atoms with Crippen molar-refractivity contribution < 1.29 is 9.47 Å². The molecule has 0 saturated heterocycles. The molecule has 0 radical (unpaired) electrons. The van der Waals surface area contributed by atoms with Gasteiger partial charge in [-0.2, -0.15) is 11.8 Å². The normalized spacial score (nSPS) is 21.5. The summed E-state index contributed by atoms with van der Waals surface area (Å²) in [7, 11) is 1.71. The van der Waals surface area contributed by atoms with Crippen LogP contribution in [0.5, 0.6) is 11.5 Å². The third-order valence-electron chi connectivity index (χ3n) is 3.93. The highest BCUT2D eigenvalue weighted by Crippen LogP contribution is 2.33. The maximum Gasteiger partial charge on any atom is 0.165 e. The van der Waals surface area contributed by atoms with Gasteiger partial charge < -0.3 is 14.8 Å². The van der Waals surface area contributed by atoms with Crippen molar-refractivity contribution in [1.29, 1.82) is 0 Å². The van der Waals surface area contributed by atoms with Crippen molar-refractivity contribution >= 4 is 11.8 Å². The molecule has 0 amide bonds. The van der Waals surface area contributed by atoms with E-state index in [0.29, 0.717) is 12.6 Å². The number of methoxy groups -OCH3 is 1. The second kappa shape index (κ2) is 8.54. The number of nitrogens with one attached hydrogen (secondary N) is 1. The molecule has 2 atom stereocenters. The summed E-state index contributed by atoms with van der Waals surface area (Å²) in [4.78, 5) is 0. The number of ether oxygens (including phenoxy) is 2. The molecule has 1 aliphatic carbocycles. The summed E-state index contributed by atoms with van der Waals surface area (Å²) in [5.41, 5.74) is 1.18. The zero-order valence-corrected chi connectivity index (χ0v) is 14.2. The largest absolute Gasteiger partial charge is 0.493 e. The van der Waals surface area contributed by atoms with Gasteiger partial charge in [0.25, 0.3) is 0 Å². The molecular formula is C17H27NO2S. The fourth-order valence-corrected chi connectivity index (χ4v) is 4.11. The first-order valence-corrected chi connectivity index (χ1v) is 8.97. The van der Waals surface area contributed by atoms with Crippen LogP contribution in [-0.2, 0) is 6.54 Å². The van der Waals surface area contributed by atoms with Crippen molar-refractivity contribution in [3.63, 3.8) is 0 Å². The van der Waals surface area contributed by atoms with Crippen molar-refractivity contribution in [2.24, 2.45) is 0 Å². The Morgan fingerprint density at radius 3 is 2.86 bits per heavy atom. The minimum Gasteiger partial charge on any atom is -0.493 e. The quantitative estimate of drug-likeness (QED) is 0.790. The summed E-state index contributed by atoms with van der Waals surface area (Å²) in [5.74, 6) is 2.93. The molecule has 0 aliphatic heterocycles. The minimum atomic E-state index is 0.634.